The van der Waals surface area contributed by atoms with E-state index in [1.54, 1.807) is 49.8 Å². The average Bonchev–Trinajstić information content (AvgIpc) is 2.87. The molecule has 3 rings (SSSR count). The molecule has 0 radical (unpaired) electrons. The van der Waals surface area contributed by atoms with Crippen LogP contribution in [0.25, 0.3) is 11.4 Å². The first kappa shape index (κ1) is 25.7. The van der Waals surface area contributed by atoms with Crippen LogP contribution < -0.4 is 19.7 Å². The Balaban J connectivity index is 1.88. The summed E-state index contributed by atoms with van der Waals surface area (Å²) in [5, 5.41) is 13.1. The highest BCUT2D eigenvalue weighted by molar-refractivity contribution is 5.78. The summed E-state index contributed by atoms with van der Waals surface area (Å²) in [6, 6.07) is 4.50. The summed E-state index contributed by atoms with van der Waals surface area (Å²) >= 11 is 0. The number of nitrogens with one attached hydrogen (secondary N) is 1. The van der Waals surface area contributed by atoms with Crippen molar-refractivity contribution >= 4 is 17.7 Å². The lowest BCUT2D eigenvalue weighted by molar-refractivity contribution is -0.137. The summed E-state index contributed by atoms with van der Waals surface area (Å²) in [6.07, 6.45) is 6.04. The fourth-order valence-corrected chi connectivity index (χ4v) is 3.56. The van der Waals surface area contributed by atoms with Gasteiger partial charge in [0.1, 0.15) is 28.9 Å². The van der Waals surface area contributed by atoms with Crippen LogP contribution in [-0.2, 0) is 11.2 Å². The molecule has 2 aromatic heterocycles. The van der Waals surface area contributed by atoms with Crippen LogP contribution in [-0.4, -0.2) is 65.4 Å². The third-order valence-electron chi connectivity index (χ3n) is 5.75. The molecule has 186 valence electrons. The van der Waals surface area contributed by atoms with Crippen molar-refractivity contribution in [2.24, 2.45) is 0 Å². The number of aliphatic carboxylic acids is 1. The molecule has 1 unspecified atom stereocenters. The van der Waals surface area contributed by atoms with Gasteiger partial charge in [0.25, 0.3) is 0 Å². The molecule has 2 atom stereocenters. The summed E-state index contributed by atoms with van der Waals surface area (Å²) in [6.45, 7) is 4.13. The normalized spacial score (nSPS) is 12.5. The van der Waals surface area contributed by atoms with Gasteiger partial charge in [-0.1, -0.05) is 19.9 Å². The van der Waals surface area contributed by atoms with Gasteiger partial charge in [0, 0.05) is 44.7 Å². The van der Waals surface area contributed by atoms with Gasteiger partial charge in [0.2, 0.25) is 5.95 Å². The van der Waals surface area contributed by atoms with Crippen LogP contribution in [0.5, 0.6) is 11.5 Å². The number of methoxy groups -OCH3 is 2. The second-order valence-corrected chi connectivity index (χ2v) is 8.37. The smallest absolute Gasteiger partial charge is 0.326 e. The highest BCUT2D eigenvalue weighted by atomic mass is 16.5. The standard InChI is InChI=1S/C25H32N6O4/c1-7-15(2)17-14-28-25(31(3)4)30-22(17)29-18(24(32)33)11-16-12-26-23(27-13-16)21-19(34-5)9-8-10-20(21)35-6/h8-10,12-15,18H,7,11H2,1-6H3,(H,32,33)(H,28,29,30)/t15?,18-/m0/s1. The molecule has 3 aromatic rings. The molecule has 10 heteroatoms. The quantitative estimate of drug-likeness (QED) is 0.420. The van der Waals surface area contributed by atoms with Gasteiger partial charge < -0.3 is 24.8 Å². The predicted octanol–water partition coefficient (Wildman–Crippen LogP) is 3.64. The molecular weight excluding hydrogens is 448 g/mol. The number of anilines is 2. The van der Waals surface area contributed by atoms with Crippen molar-refractivity contribution in [2.75, 3.05) is 38.5 Å². The van der Waals surface area contributed by atoms with E-state index in [2.05, 4.69) is 39.1 Å². The molecular formula is C25H32N6O4. The molecule has 0 aliphatic heterocycles. The van der Waals surface area contributed by atoms with E-state index < -0.39 is 12.0 Å². The molecule has 0 spiro atoms. The van der Waals surface area contributed by atoms with Gasteiger partial charge in [-0.25, -0.2) is 19.7 Å². The van der Waals surface area contributed by atoms with Gasteiger partial charge in [-0.15, -0.1) is 0 Å². The Morgan fingerprint density at radius 1 is 1.09 bits per heavy atom. The van der Waals surface area contributed by atoms with Crippen LogP contribution >= 0.6 is 0 Å². The van der Waals surface area contributed by atoms with Gasteiger partial charge in [-0.3, -0.25) is 0 Å². The summed E-state index contributed by atoms with van der Waals surface area (Å²) in [7, 11) is 6.81. The Hall–Kier alpha value is -3.95. The third kappa shape index (κ3) is 5.95. The molecule has 35 heavy (non-hydrogen) atoms. The Morgan fingerprint density at radius 3 is 2.23 bits per heavy atom. The van der Waals surface area contributed by atoms with Crippen LogP contribution in [0.15, 0.2) is 36.8 Å². The van der Waals surface area contributed by atoms with Gasteiger partial charge in [0.05, 0.1) is 14.2 Å². The first-order valence-corrected chi connectivity index (χ1v) is 11.3. The van der Waals surface area contributed by atoms with E-state index in [1.165, 1.54) is 0 Å². The lowest BCUT2D eigenvalue weighted by Crippen LogP contribution is -2.33. The Bertz CT molecular complexity index is 1130. The van der Waals surface area contributed by atoms with E-state index in [0.29, 0.717) is 40.2 Å². The van der Waals surface area contributed by atoms with Crippen molar-refractivity contribution in [1.29, 1.82) is 0 Å². The number of benzene rings is 1. The van der Waals surface area contributed by atoms with Gasteiger partial charge >= 0.3 is 5.97 Å². The highest BCUT2D eigenvalue weighted by Gasteiger charge is 2.23. The zero-order chi connectivity index (χ0) is 25.5. The van der Waals surface area contributed by atoms with E-state index >= 15 is 0 Å². The Kier molecular flexibility index (Phi) is 8.40. The molecule has 0 bridgehead atoms. The van der Waals surface area contributed by atoms with Crippen molar-refractivity contribution < 1.29 is 19.4 Å². The zero-order valence-electron chi connectivity index (χ0n) is 20.9. The number of hydrogen-bond donors (Lipinski definition) is 2. The topological polar surface area (TPSA) is 123 Å². The van der Waals surface area contributed by atoms with Crippen LogP contribution in [0.4, 0.5) is 11.8 Å². The van der Waals surface area contributed by atoms with E-state index in [1.807, 2.05) is 20.2 Å². The summed E-state index contributed by atoms with van der Waals surface area (Å²) < 4.78 is 10.9. The maximum Gasteiger partial charge on any atom is 0.326 e. The first-order chi connectivity index (χ1) is 16.8. The van der Waals surface area contributed by atoms with Crippen molar-refractivity contribution in [3.8, 4) is 22.9 Å². The summed E-state index contributed by atoms with van der Waals surface area (Å²) in [4.78, 5) is 31.8. The number of rotatable bonds is 11. The minimum absolute atomic E-state index is 0.167. The number of carboxylic acid groups (broad SMARTS) is 1. The maximum atomic E-state index is 12.1. The van der Waals surface area contributed by atoms with E-state index in [9.17, 15) is 9.90 Å². The van der Waals surface area contributed by atoms with Crippen LogP contribution in [0.2, 0.25) is 0 Å². The van der Waals surface area contributed by atoms with Crippen LogP contribution in [0, 0.1) is 0 Å². The Labute approximate surface area is 205 Å². The second kappa shape index (κ2) is 11.5. The van der Waals surface area contributed by atoms with Gasteiger partial charge in [-0.2, -0.15) is 4.98 Å². The Morgan fingerprint density at radius 2 is 1.71 bits per heavy atom. The average molecular weight is 481 g/mol. The van der Waals surface area contributed by atoms with Gasteiger partial charge in [-0.05, 0) is 30.0 Å². The largest absolute Gasteiger partial charge is 0.496 e. The number of carboxylic acids is 1. The maximum absolute atomic E-state index is 12.1. The van der Waals surface area contributed by atoms with Gasteiger partial charge in [0.15, 0.2) is 5.82 Å². The molecule has 0 saturated carbocycles. The lowest BCUT2D eigenvalue weighted by Gasteiger charge is -2.21. The van der Waals surface area contributed by atoms with Crippen LogP contribution in [0.1, 0.15) is 37.3 Å². The second-order valence-electron chi connectivity index (χ2n) is 8.37. The zero-order valence-corrected chi connectivity index (χ0v) is 20.9. The SMILES string of the molecule is CCC(C)c1cnc(N(C)C)nc1N[C@@H](Cc1cnc(-c2c(OC)cccc2OC)nc1)C(=O)O. The molecule has 0 aliphatic rings. The molecule has 0 amide bonds. The van der Waals surface area contributed by atoms with Crippen LogP contribution in [0.3, 0.4) is 0 Å². The molecule has 0 saturated heterocycles. The van der Waals surface area contributed by atoms with Crippen molar-refractivity contribution in [2.45, 2.75) is 38.6 Å². The van der Waals surface area contributed by atoms with Crippen molar-refractivity contribution in [1.82, 2.24) is 19.9 Å². The molecule has 1 aromatic carbocycles. The highest BCUT2D eigenvalue weighted by Crippen LogP contribution is 2.36. The number of carbonyl (C=O) groups is 1. The molecule has 2 heterocycles. The monoisotopic (exact) mass is 480 g/mol. The third-order valence-corrected chi connectivity index (χ3v) is 5.75. The minimum atomic E-state index is -0.999. The van der Waals surface area contributed by atoms with E-state index in [0.717, 1.165) is 12.0 Å². The first-order valence-electron chi connectivity index (χ1n) is 11.3. The number of aromatic nitrogens is 4. The fraction of sp³-hybridized carbons (Fsp3) is 0.400. The van der Waals surface area contributed by atoms with Crippen molar-refractivity contribution in [3.63, 3.8) is 0 Å². The van der Waals surface area contributed by atoms with Crippen molar-refractivity contribution in [3.05, 3.63) is 47.9 Å². The molecule has 2 N–H and O–H groups in total. The predicted molar refractivity (Wildman–Crippen MR) is 134 cm³/mol. The molecule has 10 nitrogen and oxygen atoms in total. The molecule has 0 aliphatic carbocycles. The number of hydrogen-bond acceptors (Lipinski definition) is 9. The lowest BCUT2D eigenvalue weighted by atomic mass is 10.00. The minimum Gasteiger partial charge on any atom is -0.496 e. The summed E-state index contributed by atoms with van der Waals surface area (Å²) in [5.74, 6) is 1.78. The molecule has 0 fully saturated rings. The van der Waals surface area contributed by atoms with E-state index in [-0.39, 0.29) is 12.3 Å². The van der Waals surface area contributed by atoms with E-state index in [4.69, 9.17) is 9.47 Å². The number of nitrogens with zero attached hydrogens (tertiary/aromatic N) is 5. The fourth-order valence-electron chi connectivity index (χ4n) is 3.56. The summed E-state index contributed by atoms with van der Waals surface area (Å²) in [5.41, 5.74) is 2.17. The number of ether oxygens (including phenoxy) is 2.